The van der Waals surface area contributed by atoms with Crippen LogP contribution in [0.3, 0.4) is 0 Å². The van der Waals surface area contributed by atoms with Crippen molar-refractivity contribution in [3.05, 3.63) is 48.3 Å². The lowest BCUT2D eigenvalue weighted by Gasteiger charge is -2.09. The number of aryl methyl sites for hydroxylation is 2. The van der Waals surface area contributed by atoms with Crippen molar-refractivity contribution in [1.82, 2.24) is 9.55 Å². The minimum atomic E-state index is -3.91. The van der Waals surface area contributed by atoms with Crippen LogP contribution in [0.25, 0.3) is 11.0 Å². The standard InChI is InChI=1S/C16H16N2O4S/c1-11-8-13(5-7-16(11)21-3)23(19,20)22-12-4-6-15-14(9-12)17-10-18(15)2/h4-10H,1-3H3. The SMILES string of the molecule is COc1ccc(S(=O)(=O)Oc2ccc3c(c2)ncn3C)cc1C. The second-order valence-electron chi connectivity index (χ2n) is 5.17. The fourth-order valence-electron chi connectivity index (χ4n) is 2.35. The fraction of sp³-hybridized carbons (Fsp3) is 0.188. The van der Waals surface area contributed by atoms with E-state index in [0.29, 0.717) is 11.3 Å². The van der Waals surface area contributed by atoms with E-state index in [1.165, 1.54) is 19.2 Å². The summed E-state index contributed by atoms with van der Waals surface area (Å²) in [5.41, 5.74) is 2.29. The Balaban J connectivity index is 1.94. The first-order valence-corrected chi connectivity index (χ1v) is 8.32. The summed E-state index contributed by atoms with van der Waals surface area (Å²) in [7, 11) is -0.508. The summed E-state index contributed by atoms with van der Waals surface area (Å²) in [6.45, 7) is 1.78. The van der Waals surface area contributed by atoms with Gasteiger partial charge in [-0.05, 0) is 42.8 Å². The Hall–Kier alpha value is -2.54. The van der Waals surface area contributed by atoms with Gasteiger partial charge in [0.25, 0.3) is 0 Å². The summed E-state index contributed by atoms with van der Waals surface area (Å²) in [5.74, 6) is 0.850. The second-order valence-corrected chi connectivity index (χ2v) is 6.72. The van der Waals surface area contributed by atoms with Gasteiger partial charge >= 0.3 is 10.1 Å². The Kier molecular flexibility index (Phi) is 3.73. The maximum atomic E-state index is 12.4. The molecule has 0 aliphatic heterocycles. The largest absolute Gasteiger partial charge is 0.496 e. The van der Waals surface area contributed by atoms with E-state index < -0.39 is 10.1 Å². The highest BCUT2D eigenvalue weighted by molar-refractivity contribution is 7.87. The van der Waals surface area contributed by atoms with Gasteiger partial charge in [-0.15, -0.1) is 0 Å². The average Bonchev–Trinajstić information content (AvgIpc) is 2.87. The first-order chi connectivity index (χ1) is 10.9. The minimum Gasteiger partial charge on any atom is -0.496 e. The van der Waals surface area contributed by atoms with Crippen LogP contribution in [-0.4, -0.2) is 25.1 Å². The smallest absolute Gasteiger partial charge is 0.339 e. The summed E-state index contributed by atoms with van der Waals surface area (Å²) in [6, 6.07) is 9.56. The third-order valence-electron chi connectivity index (χ3n) is 3.56. The Morgan fingerprint density at radius 2 is 1.91 bits per heavy atom. The van der Waals surface area contributed by atoms with E-state index in [4.69, 9.17) is 8.92 Å². The lowest BCUT2D eigenvalue weighted by Crippen LogP contribution is -2.10. The van der Waals surface area contributed by atoms with Gasteiger partial charge in [0.1, 0.15) is 16.4 Å². The fourth-order valence-corrected chi connectivity index (χ4v) is 3.36. The quantitative estimate of drug-likeness (QED) is 0.687. The van der Waals surface area contributed by atoms with Crippen LogP contribution in [0.1, 0.15) is 5.56 Å². The summed E-state index contributed by atoms with van der Waals surface area (Å²) < 4.78 is 37.0. The van der Waals surface area contributed by atoms with Crippen LogP contribution in [0.4, 0.5) is 0 Å². The molecule has 1 aromatic heterocycles. The molecule has 6 nitrogen and oxygen atoms in total. The van der Waals surface area contributed by atoms with E-state index in [2.05, 4.69) is 4.98 Å². The molecule has 0 atom stereocenters. The summed E-state index contributed by atoms with van der Waals surface area (Å²) in [4.78, 5) is 4.27. The number of hydrogen-bond acceptors (Lipinski definition) is 5. The van der Waals surface area contributed by atoms with Gasteiger partial charge in [-0.3, -0.25) is 0 Å². The first-order valence-electron chi connectivity index (χ1n) is 6.91. The molecule has 0 N–H and O–H groups in total. The molecule has 3 rings (SSSR count). The summed E-state index contributed by atoms with van der Waals surface area (Å²) >= 11 is 0. The van der Waals surface area contributed by atoms with Crippen LogP contribution in [-0.2, 0) is 17.2 Å². The number of imidazole rings is 1. The average molecular weight is 332 g/mol. The van der Waals surface area contributed by atoms with Crippen molar-refractivity contribution in [1.29, 1.82) is 0 Å². The molecule has 3 aromatic rings. The molecule has 0 radical (unpaired) electrons. The van der Waals surface area contributed by atoms with Gasteiger partial charge < -0.3 is 13.5 Å². The normalized spacial score (nSPS) is 11.6. The van der Waals surface area contributed by atoms with Gasteiger partial charge in [-0.25, -0.2) is 4.98 Å². The van der Waals surface area contributed by atoms with Crippen molar-refractivity contribution >= 4 is 21.2 Å². The molecule has 0 aliphatic carbocycles. The van der Waals surface area contributed by atoms with Crippen LogP contribution >= 0.6 is 0 Å². The molecule has 0 bridgehead atoms. The molecular weight excluding hydrogens is 316 g/mol. The topological polar surface area (TPSA) is 70.4 Å². The lowest BCUT2D eigenvalue weighted by molar-refractivity contribution is 0.411. The van der Waals surface area contributed by atoms with Crippen molar-refractivity contribution in [2.75, 3.05) is 7.11 Å². The van der Waals surface area contributed by atoms with Gasteiger partial charge in [-0.2, -0.15) is 8.42 Å². The van der Waals surface area contributed by atoms with E-state index in [1.54, 1.807) is 37.5 Å². The highest BCUT2D eigenvalue weighted by atomic mass is 32.2. The molecule has 1 heterocycles. The van der Waals surface area contributed by atoms with Crippen molar-refractivity contribution in [3.63, 3.8) is 0 Å². The summed E-state index contributed by atoms with van der Waals surface area (Å²) in [6.07, 6.45) is 1.66. The number of hydrogen-bond donors (Lipinski definition) is 0. The molecule has 0 saturated carbocycles. The molecule has 0 spiro atoms. The third-order valence-corrected chi connectivity index (χ3v) is 4.80. The lowest BCUT2D eigenvalue weighted by atomic mass is 10.2. The van der Waals surface area contributed by atoms with Crippen molar-refractivity contribution < 1.29 is 17.3 Å². The molecule has 0 amide bonds. The molecule has 0 aliphatic rings. The predicted octanol–water partition coefficient (Wildman–Crippen LogP) is 2.66. The molecule has 7 heteroatoms. The predicted molar refractivity (Wildman–Crippen MR) is 86.3 cm³/mol. The van der Waals surface area contributed by atoms with Gasteiger partial charge in [0.15, 0.2) is 0 Å². The van der Waals surface area contributed by atoms with Crippen LogP contribution in [0.2, 0.25) is 0 Å². The highest BCUT2D eigenvalue weighted by Gasteiger charge is 2.18. The minimum absolute atomic E-state index is 0.0805. The van der Waals surface area contributed by atoms with E-state index in [9.17, 15) is 8.42 Å². The van der Waals surface area contributed by atoms with E-state index in [0.717, 1.165) is 11.1 Å². The van der Waals surface area contributed by atoms with Crippen LogP contribution in [0, 0.1) is 6.92 Å². The van der Waals surface area contributed by atoms with Crippen molar-refractivity contribution in [3.8, 4) is 11.5 Å². The third kappa shape index (κ3) is 2.87. The van der Waals surface area contributed by atoms with E-state index in [1.807, 2.05) is 11.6 Å². The highest BCUT2D eigenvalue weighted by Crippen LogP contribution is 2.26. The Morgan fingerprint density at radius 3 is 2.61 bits per heavy atom. The Labute approximate surface area is 134 Å². The number of rotatable bonds is 4. The molecule has 0 fully saturated rings. The first kappa shape index (κ1) is 15.4. The maximum Gasteiger partial charge on any atom is 0.339 e. The van der Waals surface area contributed by atoms with Gasteiger partial charge in [-0.1, -0.05) is 0 Å². The summed E-state index contributed by atoms with van der Waals surface area (Å²) in [5, 5.41) is 0. The van der Waals surface area contributed by atoms with Crippen molar-refractivity contribution in [2.24, 2.45) is 7.05 Å². The number of benzene rings is 2. The molecule has 2 aromatic carbocycles. The van der Waals surface area contributed by atoms with Crippen LogP contribution in [0.15, 0.2) is 47.6 Å². The zero-order valence-corrected chi connectivity index (χ0v) is 13.8. The number of methoxy groups -OCH3 is 1. The molecular formula is C16H16N2O4S. The van der Waals surface area contributed by atoms with Gasteiger partial charge in [0, 0.05) is 13.1 Å². The number of fused-ring (bicyclic) bond motifs is 1. The molecule has 0 saturated heterocycles. The number of nitrogens with zero attached hydrogens (tertiary/aromatic N) is 2. The Morgan fingerprint density at radius 1 is 1.13 bits per heavy atom. The number of ether oxygens (including phenoxy) is 1. The second kappa shape index (κ2) is 5.58. The van der Waals surface area contributed by atoms with Gasteiger partial charge in [0.05, 0.1) is 24.5 Å². The molecule has 120 valence electrons. The monoisotopic (exact) mass is 332 g/mol. The molecule has 0 unspecified atom stereocenters. The maximum absolute atomic E-state index is 12.4. The van der Waals surface area contributed by atoms with E-state index >= 15 is 0 Å². The zero-order chi connectivity index (χ0) is 16.6. The zero-order valence-electron chi connectivity index (χ0n) is 13.0. The van der Waals surface area contributed by atoms with Crippen LogP contribution in [0.5, 0.6) is 11.5 Å². The van der Waals surface area contributed by atoms with Crippen LogP contribution < -0.4 is 8.92 Å². The van der Waals surface area contributed by atoms with E-state index in [-0.39, 0.29) is 10.6 Å². The molecule has 23 heavy (non-hydrogen) atoms. The number of aromatic nitrogens is 2. The van der Waals surface area contributed by atoms with Gasteiger partial charge in [0.2, 0.25) is 0 Å². The Bertz CT molecular complexity index is 977. The van der Waals surface area contributed by atoms with Crippen molar-refractivity contribution in [2.45, 2.75) is 11.8 Å².